The third kappa shape index (κ3) is 4.35. The Morgan fingerprint density at radius 2 is 1.73 bits per heavy atom. The molecule has 1 aliphatic rings. The molecule has 4 rings (SSSR count). The summed E-state index contributed by atoms with van der Waals surface area (Å²) in [6.07, 6.45) is 6.49. The van der Waals surface area contributed by atoms with E-state index in [-0.39, 0.29) is 23.5 Å². The number of rotatable bonds is 5. The number of amides is 1. The normalized spacial score (nSPS) is 20.1. The molecular formula is C25H26F2N2O. The Morgan fingerprint density at radius 3 is 2.43 bits per heavy atom. The van der Waals surface area contributed by atoms with E-state index in [2.05, 4.69) is 10.3 Å². The van der Waals surface area contributed by atoms with Crippen LogP contribution in [0.3, 0.4) is 0 Å². The second kappa shape index (κ2) is 8.90. The Kier molecular flexibility index (Phi) is 6.07. The highest BCUT2D eigenvalue weighted by molar-refractivity contribution is 5.92. The molecule has 3 nitrogen and oxygen atoms in total. The number of fused-ring (bicyclic) bond motifs is 1. The van der Waals surface area contributed by atoms with Gasteiger partial charge in [-0.15, -0.1) is 0 Å². The second-order valence-corrected chi connectivity index (χ2v) is 8.18. The zero-order valence-electron chi connectivity index (χ0n) is 17.1. The number of carbonyl (C=O) groups excluding carboxylic acids is 1. The van der Waals surface area contributed by atoms with Gasteiger partial charge in [0, 0.05) is 29.3 Å². The highest BCUT2D eigenvalue weighted by atomic mass is 19.1. The smallest absolute Gasteiger partial charge is 0.227 e. The van der Waals surface area contributed by atoms with Gasteiger partial charge in [-0.05, 0) is 92.0 Å². The van der Waals surface area contributed by atoms with Crippen molar-refractivity contribution in [2.24, 2.45) is 11.8 Å². The van der Waals surface area contributed by atoms with Gasteiger partial charge in [0.2, 0.25) is 5.91 Å². The molecule has 1 N–H and O–H groups in total. The van der Waals surface area contributed by atoms with Crippen molar-refractivity contribution in [2.75, 3.05) is 5.32 Å². The van der Waals surface area contributed by atoms with Crippen molar-refractivity contribution in [3.05, 3.63) is 71.9 Å². The van der Waals surface area contributed by atoms with E-state index in [1.165, 1.54) is 29.8 Å². The van der Waals surface area contributed by atoms with Gasteiger partial charge in [-0.1, -0.05) is 6.92 Å². The Labute approximate surface area is 175 Å². The molecule has 0 spiro atoms. The number of halogens is 2. The number of pyridine rings is 1. The SMILES string of the molecule is CCC(C(=O)Nc1ccc(F)cc1)[C@H]1CC[C@@H](c2ccnc3cc(F)ccc32)CC1. The minimum absolute atomic E-state index is 0.0115. The standard InChI is InChI=1S/C25H26F2N2O/c1-2-21(25(30)29-20-10-7-18(26)8-11-20)16-3-5-17(6-4-16)22-13-14-28-24-15-19(27)9-12-23(22)24/h7-17,21H,2-6H2,1H3,(H,29,30)/t16-,17+,21?. The van der Waals surface area contributed by atoms with E-state index in [1.807, 2.05) is 19.1 Å². The molecule has 1 atom stereocenters. The molecule has 1 amide bonds. The first-order valence-electron chi connectivity index (χ1n) is 10.7. The van der Waals surface area contributed by atoms with Crippen LogP contribution in [0, 0.1) is 23.5 Å². The van der Waals surface area contributed by atoms with Gasteiger partial charge in [0.15, 0.2) is 0 Å². The number of anilines is 1. The average molecular weight is 408 g/mol. The molecule has 1 fully saturated rings. The first-order valence-corrected chi connectivity index (χ1v) is 10.7. The molecule has 1 unspecified atom stereocenters. The summed E-state index contributed by atoms with van der Waals surface area (Å²) < 4.78 is 26.6. The third-order valence-corrected chi connectivity index (χ3v) is 6.41. The summed E-state index contributed by atoms with van der Waals surface area (Å²) in [7, 11) is 0. The molecule has 5 heteroatoms. The van der Waals surface area contributed by atoms with Gasteiger partial charge in [0.05, 0.1) is 5.52 Å². The lowest BCUT2D eigenvalue weighted by Crippen LogP contribution is -2.31. The van der Waals surface area contributed by atoms with E-state index in [4.69, 9.17) is 0 Å². The molecule has 0 bridgehead atoms. The molecule has 1 saturated carbocycles. The van der Waals surface area contributed by atoms with E-state index < -0.39 is 0 Å². The van der Waals surface area contributed by atoms with Gasteiger partial charge in [0.25, 0.3) is 0 Å². The molecule has 1 aromatic heterocycles. The molecule has 156 valence electrons. The quantitative estimate of drug-likeness (QED) is 0.527. The number of aromatic nitrogens is 1. The van der Waals surface area contributed by atoms with Crippen LogP contribution in [0.25, 0.3) is 10.9 Å². The van der Waals surface area contributed by atoms with E-state index in [0.29, 0.717) is 23.0 Å². The van der Waals surface area contributed by atoms with E-state index in [9.17, 15) is 13.6 Å². The molecule has 3 aromatic rings. The van der Waals surface area contributed by atoms with E-state index in [1.54, 1.807) is 18.3 Å². The first-order chi connectivity index (χ1) is 14.5. The molecule has 1 aliphatic carbocycles. The summed E-state index contributed by atoms with van der Waals surface area (Å²) in [5, 5.41) is 3.96. The van der Waals surface area contributed by atoms with Gasteiger partial charge in [-0.25, -0.2) is 8.78 Å². The monoisotopic (exact) mass is 408 g/mol. The van der Waals surface area contributed by atoms with Gasteiger partial charge in [0.1, 0.15) is 11.6 Å². The van der Waals surface area contributed by atoms with Crippen molar-refractivity contribution in [3.8, 4) is 0 Å². The maximum Gasteiger partial charge on any atom is 0.227 e. The number of carbonyl (C=O) groups is 1. The van der Waals surface area contributed by atoms with Crippen LogP contribution in [0.5, 0.6) is 0 Å². The Hall–Kier alpha value is -2.82. The average Bonchev–Trinajstić information content (AvgIpc) is 2.76. The molecule has 0 saturated heterocycles. The predicted molar refractivity (Wildman–Crippen MR) is 115 cm³/mol. The summed E-state index contributed by atoms with van der Waals surface area (Å²) in [6.45, 7) is 2.05. The lowest BCUT2D eigenvalue weighted by atomic mass is 9.72. The fourth-order valence-electron chi connectivity index (χ4n) is 4.83. The van der Waals surface area contributed by atoms with Crippen LogP contribution in [0.1, 0.15) is 50.5 Å². The summed E-state index contributed by atoms with van der Waals surface area (Å²) >= 11 is 0. The highest BCUT2D eigenvalue weighted by Crippen LogP contribution is 2.41. The van der Waals surface area contributed by atoms with Crippen LogP contribution < -0.4 is 5.32 Å². The lowest BCUT2D eigenvalue weighted by molar-refractivity contribution is -0.122. The molecular weight excluding hydrogens is 382 g/mol. The molecule has 0 radical (unpaired) electrons. The number of benzene rings is 2. The van der Waals surface area contributed by atoms with Crippen molar-refractivity contribution in [3.63, 3.8) is 0 Å². The molecule has 2 aromatic carbocycles. The second-order valence-electron chi connectivity index (χ2n) is 8.18. The summed E-state index contributed by atoms with van der Waals surface area (Å²) in [6, 6.07) is 12.7. The van der Waals surface area contributed by atoms with Gasteiger partial charge in [-0.3, -0.25) is 9.78 Å². The van der Waals surface area contributed by atoms with Crippen molar-refractivity contribution in [1.82, 2.24) is 4.98 Å². The van der Waals surface area contributed by atoms with Crippen molar-refractivity contribution in [2.45, 2.75) is 44.9 Å². The topological polar surface area (TPSA) is 42.0 Å². The van der Waals surface area contributed by atoms with Gasteiger partial charge >= 0.3 is 0 Å². The van der Waals surface area contributed by atoms with Crippen LogP contribution in [-0.4, -0.2) is 10.9 Å². The third-order valence-electron chi connectivity index (χ3n) is 6.41. The van der Waals surface area contributed by atoms with Crippen LogP contribution in [0.2, 0.25) is 0 Å². The van der Waals surface area contributed by atoms with Crippen molar-refractivity contribution >= 4 is 22.5 Å². The van der Waals surface area contributed by atoms with E-state index >= 15 is 0 Å². The molecule has 30 heavy (non-hydrogen) atoms. The minimum atomic E-state index is -0.315. The predicted octanol–water partition coefficient (Wildman–Crippen LogP) is 6.45. The van der Waals surface area contributed by atoms with Crippen molar-refractivity contribution < 1.29 is 13.6 Å². The van der Waals surface area contributed by atoms with E-state index in [0.717, 1.165) is 37.5 Å². The first kappa shape index (κ1) is 20.5. The van der Waals surface area contributed by atoms with Crippen molar-refractivity contribution in [1.29, 1.82) is 0 Å². The fraction of sp³-hybridized carbons (Fsp3) is 0.360. The van der Waals surface area contributed by atoms with Gasteiger partial charge < -0.3 is 5.32 Å². The lowest BCUT2D eigenvalue weighted by Gasteiger charge is -2.33. The minimum Gasteiger partial charge on any atom is -0.326 e. The summed E-state index contributed by atoms with van der Waals surface area (Å²) in [5.74, 6) is 0.0994. The number of hydrogen-bond donors (Lipinski definition) is 1. The zero-order valence-corrected chi connectivity index (χ0v) is 17.1. The maximum absolute atomic E-state index is 13.5. The van der Waals surface area contributed by atoms with Crippen LogP contribution in [0.15, 0.2) is 54.7 Å². The summed E-state index contributed by atoms with van der Waals surface area (Å²) in [4.78, 5) is 17.1. The van der Waals surface area contributed by atoms with Crippen LogP contribution in [-0.2, 0) is 4.79 Å². The Balaban J connectivity index is 1.43. The highest BCUT2D eigenvalue weighted by Gasteiger charge is 2.32. The summed E-state index contributed by atoms with van der Waals surface area (Å²) in [5.41, 5.74) is 2.55. The number of nitrogens with zero attached hydrogens (tertiary/aromatic N) is 1. The molecule has 0 aliphatic heterocycles. The van der Waals surface area contributed by atoms with Crippen LogP contribution in [0.4, 0.5) is 14.5 Å². The zero-order chi connectivity index (χ0) is 21.1. The fourth-order valence-corrected chi connectivity index (χ4v) is 4.83. The maximum atomic E-state index is 13.5. The molecule has 1 heterocycles. The largest absolute Gasteiger partial charge is 0.326 e. The number of hydrogen-bond acceptors (Lipinski definition) is 2. The Bertz CT molecular complexity index is 1030. The van der Waals surface area contributed by atoms with Crippen LogP contribution >= 0.6 is 0 Å². The number of nitrogens with one attached hydrogen (secondary N) is 1. The Morgan fingerprint density at radius 1 is 1.03 bits per heavy atom. The van der Waals surface area contributed by atoms with Gasteiger partial charge in [-0.2, -0.15) is 0 Å².